The lowest BCUT2D eigenvalue weighted by Crippen LogP contribution is -2.54. The van der Waals surface area contributed by atoms with Gasteiger partial charge in [-0.2, -0.15) is 0 Å². The van der Waals surface area contributed by atoms with Crippen molar-refractivity contribution in [3.05, 3.63) is 39.1 Å². The van der Waals surface area contributed by atoms with Crippen LogP contribution >= 0.6 is 22.7 Å². The molecule has 3 heterocycles. The molecule has 4 rings (SSSR count). The first-order chi connectivity index (χ1) is 19.5. The molecule has 3 heteroatoms. The molecule has 0 fully saturated rings. The molecular formula is C37H58S2Si. The van der Waals surface area contributed by atoms with E-state index in [4.69, 9.17) is 0 Å². The van der Waals surface area contributed by atoms with Crippen LogP contribution in [0, 0.1) is 6.92 Å². The molecule has 0 nitrogen and oxygen atoms in total. The highest BCUT2D eigenvalue weighted by atomic mass is 32.1. The van der Waals surface area contributed by atoms with Gasteiger partial charge in [-0.1, -0.05) is 129 Å². The molecule has 0 bridgehead atoms. The normalized spacial score (nSPS) is 15.7. The maximum absolute atomic E-state index is 2.75. The van der Waals surface area contributed by atoms with E-state index >= 15 is 0 Å². The first-order valence-electron chi connectivity index (χ1n) is 17.2. The van der Waals surface area contributed by atoms with Crippen molar-refractivity contribution in [3.63, 3.8) is 0 Å². The average Bonchev–Trinajstić information content (AvgIpc) is 3.69. The molecular weight excluding hydrogens is 537 g/mol. The first-order valence-corrected chi connectivity index (χ1v) is 21.2. The summed E-state index contributed by atoms with van der Waals surface area (Å²) in [6.07, 6.45) is 27.5. The summed E-state index contributed by atoms with van der Waals surface area (Å²) in [5, 5.41) is 3.70. The van der Waals surface area contributed by atoms with Gasteiger partial charge in [-0.25, -0.2) is 0 Å². The standard InChI is InChI=1S/C37H58S2Si/c1-6-9-12-15-17-20-23-40(24-21-18-16-13-10-7-2)34-26-30(5)38-36(34)37-35(40)28-33(39-37)32-25-29(4)31(27-32)22-19-14-11-8-3/h26-28H,6-25H2,1-5H3. The Hall–Kier alpha value is -0.903. The summed E-state index contributed by atoms with van der Waals surface area (Å²) in [6.45, 7) is 11.8. The molecule has 0 amide bonds. The average molecular weight is 595 g/mol. The second-order valence-corrected chi connectivity index (χ2v) is 19.6. The van der Waals surface area contributed by atoms with Crippen LogP contribution < -0.4 is 10.4 Å². The minimum Gasteiger partial charge on any atom is -0.140 e. The van der Waals surface area contributed by atoms with Crippen LogP contribution in [0.25, 0.3) is 15.3 Å². The summed E-state index contributed by atoms with van der Waals surface area (Å²) in [4.78, 5) is 6.53. The van der Waals surface area contributed by atoms with E-state index in [1.807, 2.05) is 10.4 Å². The number of hydrogen-bond acceptors (Lipinski definition) is 2. The fourth-order valence-electron chi connectivity index (χ4n) is 7.30. The quantitative estimate of drug-likeness (QED) is 0.106. The highest BCUT2D eigenvalue weighted by Crippen LogP contribution is 2.46. The lowest BCUT2D eigenvalue weighted by Gasteiger charge is -2.29. The van der Waals surface area contributed by atoms with E-state index in [0.717, 1.165) is 0 Å². The lowest BCUT2D eigenvalue weighted by atomic mass is 10.0. The van der Waals surface area contributed by atoms with Gasteiger partial charge in [0.1, 0.15) is 8.07 Å². The van der Waals surface area contributed by atoms with Crippen molar-refractivity contribution in [1.82, 2.24) is 0 Å². The zero-order chi connectivity index (χ0) is 28.4. The Bertz CT molecular complexity index is 1110. The van der Waals surface area contributed by atoms with Crippen molar-refractivity contribution >= 4 is 46.7 Å². The predicted octanol–water partition coefficient (Wildman–Crippen LogP) is 12.5. The number of unbranched alkanes of at least 4 members (excludes halogenated alkanes) is 13. The van der Waals surface area contributed by atoms with Crippen LogP contribution in [0.1, 0.15) is 153 Å². The van der Waals surface area contributed by atoms with Gasteiger partial charge < -0.3 is 0 Å². The summed E-state index contributed by atoms with van der Waals surface area (Å²) in [5.41, 5.74) is 4.91. The number of fused-ring (bicyclic) bond motifs is 3. The van der Waals surface area contributed by atoms with Crippen LogP contribution in [0.2, 0.25) is 12.1 Å². The monoisotopic (exact) mass is 594 g/mol. The second-order valence-electron chi connectivity index (χ2n) is 13.0. The van der Waals surface area contributed by atoms with E-state index < -0.39 is 8.07 Å². The highest BCUT2D eigenvalue weighted by Gasteiger charge is 2.47. The van der Waals surface area contributed by atoms with Crippen molar-refractivity contribution in [1.29, 1.82) is 0 Å². The highest BCUT2D eigenvalue weighted by molar-refractivity contribution is 7.29. The Balaban J connectivity index is 1.57. The van der Waals surface area contributed by atoms with Gasteiger partial charge in [0.15, 0.2) is 0 Å². The van der Waals surface area contributed by atoms with Crippen LogP contribution in [0.15, 0.2) is 29.4 Å². The van der Waals surface area contributed by atoms with Crippen molar-refractivity contribution in [2.75, 3.05) is 0 Å². The molecule has 0 aromatic carbocycles. The Morgan fingerprint density at radius 3 is 1.77 bits per heavy atom. The number of allylic oxidation sites excluding steroid dienone is 4. The number of aryl methyl sites for hydroxylation is 1. The van der Waals surface area contributed by atoms with Crippen molar-refractivity contribution < 1.29 is 0 Å². The number of thiophene rings is 2. The SMILES string of the molecule is CCCCCCCC[Si]1(CCCCCCCC)c2cc(C)sc2-c2sc(C3=CC(CCCCCC)=C(C)C3)cc21. The summed E-state index contributed by atoms with van der Waals surface area (Å²) in [5.74, 6) is 0. The van der Waals surface area contributed by atoms with Gasteiger partial charge in [0.2, 0.25) is 0 Å². The predicted molar refractivity (Wildman–Crippen MR) is 188 cm³/mol. The summed E-state index contributed by atoms with van der Waals surface area (Å²) in [7, 11) is -1.70. The number of hydrogen-bond donors (Lipinski definition) is 0. The molecule has 0 spiro atoms. The molecule has 2 aliphatic rings. The minimum atomic E-state index is -1.70. The third-order valence-corrected chi connectivity index (χ3v) is 17.8. The maximum Gasteiger partial charge on any atom is 0.122 e. The molecule has 222 valence electrons. The fraction of sp³-hybridized carbons (Fsp3) is 0.676. The van der Waals surface area contributed by atoms with E-state index in [1.54, 1.807) is 36.2 Å². The molecule has 40 heavy (non-hydrogen) atoms. The Labute approximate surface area is 256 Å². The van der Waals surface area contributed by atoms with E-state index in [-0.39, 0.29) is 0 Å². The van der Waals surface area contributed by atoms with E-state index in [0.29, 0.717) is 0 Å². The fourth-order valence-corrected chi connectivity index (χ4v) is 16.7. The van der Waals surface area contributed by atoms with Gasteiger partial charge in [0.25, 0.3) is 0 Å². The zero-order valence-electron chi connectivity index (χ0n) is 26.7. The third-order valence-electron chi connectivity index (χ3n) is 9.71. The van der Waals surface area contributed by atoms with Crippen LogP contribution in [0.4, 0.5) is 0 Å². The van der Waals surface area contributed by atoms with Crippen LogP contribution in [-0.4, -0.2) is 8.07 Å². The summed E-state index contributed by atoms with van der Waals surface area (Å²) < 4.78 is 0. The smallest absolute Gasteiger partial charge is 0.122 e. The molecule has 1 aliphatic carbocycles. The first kappa shape index (κ1) is 32.0. The van der Waals surface area contributed by atoms with Gasteiger partial charge in [-0.3, -0.25) is 0 Å². The van der Waals surface area contributed by atoms with Crippen molar-refractivity contribution in [2.45, 2.75) is 162 Å². The molecule has 0 atom stereocenters. The molecule has 0 radical (unpaired) electrons. The zero-order valence-corrected chi connectivity index (χ0v) is 29.3. The van der Waals surface area contributed by atoms with Gasteiger partial charge >= 0.3 is 0 Å². The minimum absolute atomic E-state index is 1.18. The third kappa shape index (κ3) is 7.73. The molecule has 1 aliphatic heterocycles. The van der Waals surface area contributed by atoms with E-state index in [2.05, 4.69) is 75.5 Å². The topological polar surface area (TPSA) is 0 Å². The van der Waals surface area contributed by atoms with E-state index in [9.17, 15) is 0 Å². The largest absolute Gasteiger partial charge is 0.140 e. The van der Waals surface area contributed by atoms with Crippen LogP contribution in [-0.2, 0) is 0 Å². The molecule has 2 aromatic heterocycles. The molecule has 0 unspecified atom stereocenters. The van der Waals surface area contributed by atoms with Crippen LogP contribution in [0.5, 0.6) is 0 Å². The summed E-state index contributed by atoms with van der Waals surface area (Å²) >= 11 is 4.27. The molecule has 0 saturated carbocycles. The molecule has 0 saturated heterocycles. The maximum atomic E-state index is 2.75. The van der Waals surface area contributed by atoms with Crippen molar-refractivity contribution in [2.24, 2.45) is 0 Å². The lowest BCUT2D eigenvalue weighted by molar-refractivity contribution is 0.616. The van der Waals surface area contributed by atoms with Gasteiger partial charge in [-0.05, 0) is 78.9 Å². The Kier molecular flexibility index (Phi) is 12.9. The van der Waals surface area contributed by atoms with Gasteiger partial charge in [0, 0.05) is 19.5 Å². The second kappa shape index (κ2) is 16.1. The summed E-state index contributed by atoms with van der Waals surface area (Å²) in [6, 6.07) is 8.38. The Morgan fingerprint density at radius 2 is 1.15 bits per heavy atom. The van der Waals surface area contributed by atoms with Crippen LogP contribution in [0.3, 0.4) is 0 Å². The van der Waals surface area contributed by atoms with Crippen molar-refractivity contribution in [3.8, 4) is 9.75 Å². The van der Waals surface area contributed by atoms with E-state index in [1.165, 1.54) is 128 Å². The van der Waals surface area contributed by atoms with Gasteiger partial charge in [0.05, 0.1) is 0 Å². The van der Waals surface area contributed by atoms with Gasteiger partial charge in [-0.15, -0.1) is 22.7 Å². The molecule has 2 aromatic rings. The Morgan fingerprint density at radius 1 is 0.625 bits per heavy atom. The molecule has 0 N–H and O–H groups in total. The number of rotatable bonds is 20.